The molecular weight excluding hydrogens is 503 g/mol. The zero-order valence-corrected chi connectivity index (χ0v) is 22.0. The Bertz CT molecular complexity index is 1400. The van der Waals surface area contributed by atoms with Crippen LogP contribution in [0.4, 0.5) is 10.3 Å². The van der Waals surface area contributed by atoms with Gasteiger partial charge < -0.3 is 13.9 Å². The van der Waals surface area contributed by atoms with Crippen LogP contribution in [-0.2, 0) is 22.9 Å². The van der Waals surface area contributed by atoms with Crippen molar-refractivity contribution >= 4 is 16.0 Å². The Labute approximate surface area is 216 Å². The van der Waals surface area contributed by atoms with E-state index in [-0.39, 0.29) is 31.2 Å². The molecule has 200 valence electrons. The summed E-state index contributed by atoms with van der Waals surface area (Å²) in [5.41, 5.74) is 0.381. The third kappa shape index (κ3) is 6.42. The normalized spacial score (nSPS) is 11.0. The van der Waals surface area contributed by atoms with Gasteiger partial charge in [0.2, 0.25) is 21.8 Å². The molecule has 1 aromatic carbocycles. The number of ether oxygens (including phenoxy) is 2. The molecule has 3 heterocycles. The summed E-state index contributed by atoms with van der Waals surface area (Å²) in [5.74, 6) is 1.25. The summed E-state index contributed by atoms with van der Waals surface area (Å²) in [6.45, 7) is 5.95. The quantitative estimate of drug-likeness (QED) is 0.316. The first kappa shape index (κ1) is 27.6. The number of methoxy groups -OCH3 is 2. The number of hydrogen-bond acceptors (Lipinski definition) is 9. The lowest BCUT2D eigenvalue weighted by molar-refractivity contribution is 0.391. The molecule has 0 aliphatic rings. The minimum Gasteiger partial charge on any atom is -0.494 e. The fourth-order valence-corrected chi connectivity index (χ4v) is 4.31. The second kappa shape index (κ2) is 12.3. The molecule has 0 fully saturated rings. The highest BCUT2D eigenvalue weighted by Crippen LogP contribution is 2.38. The van der Waals surface area contributed by atoms with Gasteiger partial charge in [0.1, 0.15) is 28.8 Å². The first-order valence-corrected chi connectivity index (χ1v) is 13.2. The molecule has 0 aliphatic carbocycles. The van der Waals surface area contributed by atoms with Crippen molar-refractivity contribution in [3.05, 3.63) is 60.1 Å². The standard InChI is InChI=1S/C22H23FN6O5S.C2H6.H2/c1-4-15-8-9-18(34-15)21-26-27-22(29(21)20-16(32-2)6-5-7-17(20)33-3)28-35(30,31)11-10-19-24-12-14(23)13-25-19;1-2;/h5-9,12-13H,4,10-11H2,1-3H3,(H,27,28);1-2H3;1H. The third-order valence-electron chi connectivity index (χ3n) is 5.03. The number of halogens is 1. The van der Waals surface area contributed by atoms with Gasteiger partial charge in [0, 0.05) is 14.3 Å². The summed E-state index contributed by atoms with van der Waals surface area (Å²) in [5, 5.41) is 8.27. The summed E-state index contributed by atoms with van der Waals surface area (Å²) >= 11 is 0. The fourth-order valence-electron chi connectivity index (χ4n) is 3.35. The van der Waals surface area contributed by atoms with Crippen molar-refractivity contribution in [1.82, 2.24) is 24.7 Å². The highest BCUT2D eigenvalue weighted by Gasteiger charge is 2.26. The molecule has 4 aromatic rings. The van der Waals surface area contributed by atoms with Gasteiger partial charge in [-0.25, -0.2) is 22.8 Å². The van der Waals surface area contributed by atoms with Crippen LogP contribution in [0.5, 0.6) is 11.5 Å². The average Bonchev–Trinajstić information content (AvgIpc) is 3.55. The molecule has 0 unspecified atom stereocenters. The number of sulfonamides is 1. The van der Waals surface area contributed by atoms with Crippen LogP contribution in [0.3, 0.4) is 0 Å². The Morgan fingerprint density at radius 3 is 2.27 bits per heavy atom. The number of nitrogens with one attached hydrogen (secondary N) is 1. The van der Waals surface area contributed by atoms with E-state index >= 15 is 0 Å². The van der Waals surface area contributed by atoms with Crippen LogP contribution in [0.15, 0.2) is 47.1 Å². The maximum absolute atomic E-state index is 13.0. The summed E-state index contributed by atoms with van der Waals surface area (Å²) in [4.78, 5) is 7.59. The van der Waals surface area contributed by atoms with Crippen LogP contribution in [0.1, 0.15) is 33.8 Å². The third-order valence-corrected chi connectivity index (χ3v) is 6.27. The molecule has 0 spiro atoms. The van der Waals surface area contributed by atoms with E-state index in [9.17, 15) is 12.8 Å². The molecule has 0 saturated heterocycles. The van der Waals surface area contributed by atoms with Gasteiger partial charge in [0.15, 0.2) is 11.6 Å². The van der Waals surface area contributed by atoms with Crippen molar-refractivity contribution in [2.24, 2.45) is 0 Å². The fraction of sp³-hybridized carbons (Fsp3) is 0.333. The SMILES string of the molecule is CC.CCc1ccc(-c2nnc(NS(=O)(=O)CCc3ncc(F)cn3)n2-c2c(OC)cccc2OC)o1.[HH]. The lowest BCUT2D eigenvalue weighted by atomic mass is 10.2. The molecule has 3 aromatic heterocycles. The van der Waals surface area contributed by atoms with Gasteiger partial charge in [-0.3, -0.25) is 9.29 Å². The number of furan rings is 1. The van der Waals surface area contributed by atoms with E-state index in [2.05, 4.69) is 24.9 Å². The van der Waals surface area contributed by atoms with E-state index in [0.29, 0.717) is 29.4 Å². The van der Waals surface area contributed by atoms with Crippen LogP contribution in [0.25, 0.3) is 17.3 Å². The lowest BCUT2D eigenvalue weighted by Gasteiger charge is -2.17. The Hall–Kier alpha value is -4.00. The summed E-state index contributed by atoms with van der Waals surface area (Å²) in [6.07, 6.45) is 2.59. The van der Waals surface area contributed by atoms with Crippen LogP contribution in [0.2, 0.25) is 0 Å². The first-order valence-electron chi connectivity index (χ1n) is 11.6. The lowest BCUT2D eigenvalue weighted by Crippen LogP contribution is -2.21. The van der Waals surface area contributed by atoms with Crippen molar-refractivity contribution in [2.75, 3.05) is 24.7 Å². The van der Waals surface area contributed by atoms with Crippen molar-refractivity contribution in [2.45, 2.75) is 33.6 Å². The molecule has 37 heavy (non-hydrogen) atoms. The van der Waals surface area contributed by atoms with Gasteiger partial charge in [-0.2, -0.15) is 0 Å². The van der Waals surface area contributed by atoms with Crippen LogP contribution in [0, 0.1) is 5.82 Å². The number of nitrogens with zero attached hydrogens (tertiary/aromatic N) is 5. The minimum absolute atomic E-state index is 0. The molecular formula is C24H31FN6O5S. The van der Waals surface area contributed by atoms with Crippen molar-refractivity contribution in [1.29, 1.82) is 0 Å². The molecule has 0 bridgehead atoms. The second-order valence-electron chi connectivity index (χ2n) is 7.30. The second-order valence-corrected chi connectivity index (χ2v) is 9.14. The van der Waals surface area contributed by atoms with E-state index < -0.39 is 15.8 Å². The first-order chi connectivity index (χ1) is 17.8. The highest BCUT2D eigenvalue weighted by atomic mass is 32.2. The summed E-state index contributed by atoms with van der Waals surface area (Å²) in [7, 11) is -0.974. The number of aryl methyl sites for hydroxylation is 2. The van der Waals surface area contributed by atoms with Crippen molar-refractivity contribution < 1.29 is 28.1 Å². The molecule has 0 aliphatic heterocycles. The molecule has 1 N–H and O–H groups in total. The predicted molar refractivity (Wildman–Crippen MR) is 138 cm³/mol. The molecule has 0 radical (unpaired) electrons. The number of rotatable bonds is 10. The largest absolute Gasteiger partial charge is 0.494 e. The summed E-state index contributed by atoms with van der Waals surface area (Å²) < 4.78 is 59.7. The van der Waals surface area contributed by atoms with Crippen LogP contribution in [-0.4, -0.2) is 53.1 Å². The zero-order valence-electron chi connectivity index (χ0n) is 21.2. The Morgan fingerprint density at radius 1 is 1.05 bits per heavy atom. The predicted octanol–water partition coefficient (Wildman–Crippen LogP) is 4.29. The Kier molecular flexibility index (Phi) is 9.17. The number of hydrogen-bond donors (Lipinski definition) is 1. The maximum Gasteiger partial charge on any atom is 0.243 e. The number of para-hydroxylation sites is 1. The van der Waals surface area contributed by atoms with Gasteiger partial charge in [0.25, 0.3) is 0 Å². The topological polar surface area (TPSA) is 134 Å². The van der Waals surface area contributed by atoms with E-state index in [1.807, 2.05) is 20.8 Å². The number of benzene rings is 1. The van der Waals surface area contributed by atoms with E-state index in [1.54, 1.807) is 30.3 Å². The number of aromatic nitrogens is 5. The molecule has 0 atom stereocenters. The van der Waals surface area contributed by atoms with Gasteiger partial charge in [0.05, 0.1) is 32.4 Å². The monoisotopic (exact) mass is 534 g/mol. The zero-order chi connectivity index (χ0) is 27.0. The Morgan fingerprint density at radius 2 is 1.70 bits per heavy atom. The van der Waals surface area contributed by atoms with E-state index in [1.165, 1.54) is 18.8 Å². The van der Waals surface area contributed by atoms with Crippen LogP contribution >= 0.6 is 0 Å². The molecule has 0 amide bonds. The number of anilines is 1. The molecule has 0 saturated carbocycles. The summed E-state index contributed by atoms with van der Waals surface area (Å²) in [6, 6.07) is 8.67. The van der Waals surface area contributed by atoms with Gasteiger partial charge in [-0.1, -0.05) is 26.8 Å². The van der Waals surface area contributed by atoms with Crippen molar-refractivity contribution in [3.63, 3.8) is 0 Å². The Balaban J connectivity index is 0.00000165. The van der Waals surface area contributed by atoms with Crippen molar-refractivity contribution in [3.8, 4) is 28.8 Å². The average molecular weight is 535 g/mol. The molecule has 11 nitrogen and oxygen atoms in total. The smallest absolute Gasteiger partial charge is 0.243 e. The van der Waals surface area contributed by atoms with Gasteiger partial charge in [-0.15, -0.1) is 10.2 Å². The van der Waals surface area contributed by atoms with Gasteiger partial charge in [-0.05, 0) is 24.3 Å². The van der Waals surface area contributed by atoms with Gasteiger partial charge >= 0.3 is 0 Å². The van der Waals surface area contributed by atoms with Crippen LogP contribution < -0.4 is 14.2 Å². The maximum atomic E-state index is 13.0. The molecule has 13 heteroatoms. The highest BCUT2D eigenvalue weighted by molar-refractivity contribution is 7.92. The van der Waals surface area contributed by atoms with E-state index in [0.717, 1.165) is 18.2 Å². The van der Waals surface area contributed by atoms with E-state index in [4.69, 9.17) is 13.9 Å². The molecule has 4 rings (SSSR count). The minimum atomic E-state index is -3.94.